The molecule has 10 heteroatoms. The molecular weight excluding hydrogens is 398 g/mol. The molecule has 0 aliphatic rings. The van der Waals surface area contributed by atoms with E-state index in [1.165, 1.54) is 12.1 Å². The number of aromatic nitrogens is 4. The molecule has 2 N–H and O–H groups in total. The Balaban J connectivity index is 1.60. The Hall–Kier alpha value is -4.21. The number of nitro benzene ring substituents is 1. The van der Waals surface area contributed by atoms with Gasteiger partial charge in [-0.25, -0.2) is 4.98 Å². The highest BCUT2D eigenvalue weighted by atomic mass is 16.6. The van der Waals surface area contributed by atoms with Crippen LogP contribution in [0.1, 0.15) is 13.3 Å². The van der Waals surface area contributed by atoms with E-state index in [4.69, 9.17) is 4.74 Å². The number of nitrogens with zero attached hydrogens (tertiary/aromatic N) is 5. The highest BCUT2D eigenvalue weighted by Gasteiger charge is 2.13. The first-order valence-corrected chi connectivity index (χ1v) is 9.75. The zero-order chi connectivity index (χ0) is 21.8. The van der Waals surface area contributed by atoms with Gasteiger partial charge in [-0.2, -0.15) is 9.97 Å². The second-order valence-electron chi connectivity index (χ2n) is 6.90. The zero-order valence-electron chi connectivity index (χ0n) is 17.1. The van der Waals surface area contributed by atoms with Crippen molar-refractivity contribution in [2.45, 2.75) is 13.3 Å². The van der Waals surface area contributed by atoms with Crippen LogP contribution in [0, 0.1) is 10.1 Å². The summed E-state index contributed by atoms with van der Waals surface area (Å²) in [5.41, 5.74) is 1.24. The summed E-state index contributed by atoms with van der Waals surface area (Å²) >= 11 is 0. The molecule has 10 nitrogen and oxygen atoms in total. The summed E-state index contributed by atoms with van der Waals surface area (Å²) in [6.45, 7) is 3.04. The maximum atomic E-state index is 11.0. The van der Waals surface area contributed by atoms with Crippen molar-refractivity contribution < 1.29 is 9.66 Å². The quantitative estimate of drug-likeness (QED) is 0.313. The number of non-ortho nitro benzene ring substituents is 1. The fraction of sp³-hybridized carbons (Fsp3) is 0.190. The molecule has 3 aromatic heterocycles. The number of benzene rings is 1. The molecule has 0 spiro atoms. The van der Waals surface area contributed by atoms with Gasteiger partial charge in [0.25, 0.3) is 5.69 Å². The van der Waals surface area contributed by atoms with E-state index in [1.807, 2.05) is 19.2 Å². The number of nitro groups is 1. The molecule has 3 heterocycles. The van der Waals surface area contributed by atoms with E-state index in [0.29, 0.717) is 22.7 Å². The average Bonchev–Trinajstić information content (AvgIpc) is 3.23. The van der Waals surface area contributed by atoms with Crippen LogP contribution in [0.5, 0.6) is 11.6 Å². The molecule has 158 valence electrons. The molecule has 31 heavy (non-hydrogen) atoms. The van der Waals surface area contributed by atoms with Crippen molar-refractivity contribution in [3.05, 3.63) is 65.0 Å². The molecule has 0 fully saturated rings. The molecule has 4 rings (SSSR count). The fourth-order valence-corrected chi connectivity index (χ4v) is 3.08. The second kappa shape index (κ2) is 8.66. The fourth-order valence-electron chi connectivity index (χ4n) is 3.08. The third kappa shape index (κ3) is 4.53. The molecule has 0 saturated carbocycles. The number of hydrogen-bond acceptors (Lipinski definition) is 8. The molecule has 0 radical (unpaired) electrons. The normalized spacial score (nSPS) is 10.8. The SMILES string of the molecule is CCCN(C)c1ccc(Nc2nc(Oc3cccc([N+](=O)[O-])c3)c3cc[nH]c3n2)cn1. The van der Waals surface area contributed by atoms with E-state index < -0.39 is 4.92 Å². The third-order valence-corrected chi connectivity index (χ3v) is 4.58. The largest absolute Gasteiger partial charge is 0.438 e. The Labute approximate surface area is 178 Å². The summed E-state index contributed by atoms with van der Waals surface area (Å²) in [6, 6.07) is 11.6. The third-order valence-electron chi connectivity index (χ3n) is 4.58. The van der Waals surface area contributed by atoms with Crippen LogP contribution in [0.25, 0.3) is 11.0 Å². The van der Waals surface area contributed by atoms with Crippen molar-refractivity contribution in [1.82, 2.24) is 19.9 Å². The Kier molecular flexibility index (Phi) is 5.61. The van der Waals surface area contributed by atoms with Gasteiger partial charge in [0, 0.05) is 25.9 Å². The summed E-state index contributed by atoms with van der Waals surface area (Å²) in [7, 11) is 2.00. The highest BCUT2D eigenvalue weighted by Crippen LogP contribution is 2.30. The number of nitrogens with one attached hydrogen (secondary N) is 2. The lowest BCUT2D eigenvalue weighted by Crippen LogP contribution is -2.18. The summed E-state index contributed by atoms with van der Waals surface area (Å²) in [5, 5.41) is 14.8. The summed E-state index contributed by atoms with van der Waals surface area (Å²) in [4.78, 5) is 29.1. The maximum absolute atomic E-state index is 11.0. The van der Waals surface area contributed by atoms with Gasteiger partial charge >= 0.3 is 0 Å². The van der Waals surface area contributed by atoms with Crippen molar-refractivity contribution in [2.75, 3.05) is 23.8 Å². The molecule has 0 aliphatic heterocycles. The van der Waals surface area contributed by atoms with Crippen molar-refractivity contribution in [3.8, 4) is 11.6 Å². The summed E-state index contributed by atoms with van der Waals surface area (Å²) in [6.07, 6.45) is 4.48. The van der Waals surface area contributed by atoms with Gasteiger partial charge in [-0.3, -0.25) is 10.1 Å². The van der Waals surface area contributed by atoms with Crippen LogP contribution in [0.4, 0.5) is 23.1 Å². The van der Waals surface area contributed by atoms with E-state index >= 15 is 0 Å². The molecule has 0 amide bonds. The van der Waals surface area contributed by atoms with Crippen LogP contribution in [0.2, 0.25) is 0 Å². The van der Waals surface area contributed by atoms with Gasteiger partial charge in [0.2, 0.25) is 11.8 Å². The molecule has 0 unspecified atom stereocenters. The Morgan fingerprint density at radius 3 is 2.84 bits per heavy atom. The van der Waals surface area contributed by atoms with Crippen LogP contribution in [-0.2, 0) is 0 Å². The van der Waals surface area contributed by atoms with Gasteiger partial charge in [0.05, 0.1) is 28.3 Å². The number of anilines is 3. The zero-order valence-corrected chi connectivity index (χ0v) is 17.1. The number of aromatic amines is 1. The first-order valence-electron chi connectivity index (χ1n) is 9.75. The first-order chi connectivity index (χ1) is 15.0. The van der Waals surface area contributed by atoms with Gasteiger partial charge in [-0.1, -0.05) is 13.0 Å². The molecule has 4 aromatic rings. The number of rotatable bonds is 8. The van der Waals surface area contributed by atoms with Gasteiger partial charge in [-0.05, 0) is 30.7 Å². The molecule has 0 atom stereocenters. The van der Waals surface area contributed by atoms with Crippen molar-refractivity contribution in [3.63, 3.8) is 0 Å². The molecular formula is C21H21N7O3. The number of pyridine rings is 1. The lowest BCUT2D eigenvalue weighted by molar-refractivity contribution is -0.384. The molecule has 0 saturated heterocycles. The van der Waals surface area contributed by atoms with Gasteiger partial charge in [-0.15, -0.1) is 0 Å². The minimum atomic E-state index is -0.472. The van der Waals surface area contributed by atoms with Crippen LogP contribution in [0.15, 0.2) is 54.9 Å². The summed E-state index contributed by atoms with van der Waals surface area (Å²) < 4.78 is 5.86. The van der Waals surface area contributed by atoms with Crippen LogP contribution < -0.4 is 15.0 Å². The average molecular weight is 419 g/mol. The molecule has 0 aliphatic carbocycles. The predicted molar refractivity (Wildman–Crippen MR) is 118 cm³/mol. The topological polar surface area (TPSA) is 122 Å². The molecule has 0 bridgehead atoms. The van der Waals surface area contributed by atoms with Crippen LogP contribution >= 0.6 is 0 Å². The predicted octanol–water partition coefficient (Wildman–Crippen LogP) is 4.64. The lowest BCUT2D eigenvalue weighted by atomic mass is 10.3. The minimum absolute atomic E-state index is 0.0607. The standard InChI is InChI=1S/C21H21N7O3/c1-3-11-27(2)18-8-7-14(13-23-18)24-21-25-19-17(9-10-22-19)20(26-21)31-16-6-4-5-15(12-16)28(29)30/h4-10,12-13H,3,11H2,1-2H3,(H2,22,24,25,26). The second-order valence-corrected chi connectivity index (χ2v) is 6.90. The van der Waals surface area contributed by atoms with E-state index in [2.05, 4.69) is 37.1 Å². The van der Waals surface area contributed by atoms with Crippen molar-refractivity contribution in [1.29, 1.82) is 0 Å². The Morgan fingerprint density at radius 1 is 1.23 bits per heavy atom. The van der Waals surface area contributed by atoms with Crippen molar-refractivity contribution >= 4 is 34.2 Å². The van der Waals surface area contributed by atoms with Gasteiger partial charge < -0.3 is 19.9 Å². The van der Waals surface area contributed by atoms with Gasteiger partial charge in [0.15, 0.2) is 0 Å². The highest BCUT2D eigenvalue weighted by molar-refractivity contribution is 5.82. The smallest absolute Gasteiger partial charge is 0.273 e. The Bertz CT molecular complexity index is 1210. The number of H-pyrrole nitrogens is 1. The number of fused-ring (bicyclic) bond motifs is 1. The maximum Gasteiger partial charge on any atom is 0.273 e. The molecule has 1 aromatic carbocycles. The van der Waals surface area contributed by atoms with E-state index in [-0.39, 0.29) is 11.6 Å². The minimum Gasteiger partial charge on any atom is -0.438 e. The van der Waals surface area contributed by atoms with E-state index in [9.17, 15) is 10.1 Å². The summed E-state index contributed by atoms with van der Waals surface area (Å²) in [5.74, 6) is 1.78. The van der Waals surface area contributed by atoms with E-state index in [1.54, 1.807) is 30.6 Å². The van der Waals surface area contributed by atoms with Crippen molar-refractivity contribution in [2.24, 2.45) is 0 Å². The Morgan fingerprint density at radius 2 is 2.10 bits per heavy atom. The van der Waals surface area contributed by atoms with Crippen LogP contribution in [0.3, 0.4) is 0 Å². The lowest BCUT2D eigenvalue weighted by Gasteiger charge is -2.17. The monoisotopic (exact) mass is 419 g/mol. The van der Waals surface area contributed by atoms with Gasteiger partial charge in [0.1, 0.15) is 17.2 Å². The number of hydrogen-bond donors (Lipinski definition) is 2. The number of ether oxygens (including phenoxy) is 1. The van der Waals surface area contributed by atoms with E-state index in [0.717, 1.165) is 24.5 Å². The van der Waals surface area contributed by atoms with Crippen LogP contribution in [-0.4, -0.2) is 38.5 Å². The first kappa shape index (κ1) is 20.1.